The minimum Gasteiger partial charge on any atom is -0.481 e. The average Bonchev–Trinajstić information content (AvgIpc) is 2.63. The molecule has 2 aromatic rings. The summed E-state index contributed by atoms with van der Waals surface area (Å²) in [5.41, 5.74) is -1.43. The molecule has 0 fully saturated rings. The fourth-order valence-corrected chi connectivity index (χ4v) is 2.12. The van der Waals surface area contributed by atoms with Crippen LogP contribution < -0.4 is 9.47 Å². The Morgan fingerprint density at radius 3 is 2.09 bits per heavy atom. The van der Waals surface area contributed by atoms with Crippen LogP contribution in [0.25, 0.3) is 0 Å². The lowest BCUT2D eigenvalue weighted by Gasteiger charge is -2.23. The summed E-state index contributed by atoms with van der Waals surface area (Å²) in [6, 6.07) is 11.9. The van der Waals surface area contributed by atoms with E-state index in [9.17, 15) is 10.1 Å². The average molecular weight is 313 g/mol. The number of methoxy groups -OCH3 is 3. The Kier molecular flexibility index (Phi) is 4.76. The molecule has 0 N–H and O–H groups in total. The number of benzene rings is 1. The Morgan fingerprint density at radius 1 is 1.09 bits per heavy atom. The van der Waals surface area contributed by atoms with Crippen LogP contribution in [0.5, 0.6) is 11.8 Å². The van der Waals surface area contributed by atoms with Gasteiger partial charge in [-0.3, -0.25) is 0 Å². The molecule has 0 amide bonds. The fraction of sp³-hybridized carbons (Fsp3) is 0.250. The van der Waals surface area contributed by atoms with E-state index in [2.05, 4.69) is 9.97 Å². The van der Waals surface area contributed by atoms with Gasteiger partial charge in [0.25, 0.3) is 0 Å². The highest BCUT2D eigenvalue weighted by Gasteiger charge is 2.47. The highest BCUT2D eigenvalue weighted by atomic mass is 16.5. The van der Waals surface area contributed by atoms with Gasteiger partial charge in [0.15, 0.2) is 5.82 Å². The second-order valence-electron chi connectivity index (χ2n) is 4.50. The lowest BCUT2D eigenvalue weighted by atomic mass is 9.81. The highest BCUT2D eigenvalue weighted by Crippen LogP contribution is 2.33. The summed E-state index contributed by atoms with van der Waals surface area (Å²) in [5, 5.41) is 9.80. The number of esters is 1. The number of hydrogen-bond acceptors (Lipinski definition) is 7. The van der Waals surface area contributed by atoms with Gasteiger partial charge in [-0.15, -0.1) is 0 Å². The van der Waals surface area contributed by atoms with Gasteiger partial charge in [-0.1, -0.05) is 30.3 Å². The third-order valence-corrected chi connectivity index (χ3v) is 3.30. The highest BCUT2D eigenvalue weighted by molar-refractivity contribution is 5.90. The molecular weight excluding hydrogens is 298 g/mol. The molecule has 0 aliphatic heterocycles. The molecule has 0 aliphatic rings. The van der Waals surface area contributed by atoms with Crippen LogP contribution in [0.3, 0.4) is 0 Å². The maximum atomic E-state index is 12.5. The second kappa shape index (κ2) is 6.75. The summed E-state index contributed by atoms with van der Waals surface area (Å²) in [5.74, 6) is -0.520. The van der Waals surface area contributed by atoms with Gasteiger partial charge in [-0.2, -0.15) is 15.2 Å². The van der Waals surface area contributed by atoms with Crippen LogP contribution in [-0.2, 0) is 14.9 Å². The Morgan fingerprint density at radius 2 is 1.65 bits per heavy atom. The molecule has 7 nitrogen and oxygen atoms in total. The minimum absolute atomic E-state index is 0.0748. The largest absolute Gasteiger partial charge is 0.481 e. The van der Waals surface area contributed by atoms with E-state index in [4.69, 9.17) is 14.2 Å². The summed E-state index contributed by atoms with van der Waals surface area (Å²) < 4.78 is 15.0. The maximum absolute atomic E-state index is 12.5. The quantitative estimate of drug-likeness (QED) is 0.771. The van der Waals surface area contributed by atoms with Gasteiger partial charge in [0.2, 0.25) is 17.2 Å². The number of carbonyl (C=O) groups excluding carboxylic acids is 1. The molecule has 1 aromatic heterocycles. The topological polar surface area (TPSA) is 94.3 Å². The van der Waals surface area contributed by atoms with E-state index in [0.717, 1.165) is 0 Å². The van der Waals surface area contributed by atoms with E-state index in [1.54, 1.807) is 30.3 Å². The Balaban J connectivity index is 2.78. The van der Waals surface area contributed by atoms with Crippen molar-refractivity contribution in [2.45, 2.75) is 5.41 Å². The van der Waals surface area contributed by atoms with Crippen LogP contribution in [0, 0.1) is 11.3 Å². The number of rotatable bonds is 5. The van der Waals surface area contributed by atoms with Crippen LogP contribution in [0.4, 0.5) is 0 Å². The van der Waals surface area contributed by atoms with Crippen LogP contribution in [0.15, 0.2) is 36.4 Å². The van der Waals surface area contributed by atoms with Crippen molar-refractivity contribution in [1.29, 1.82) is 5.26 Å². The van der Waals surface area contributed by atoms with E-state index in [0.29, 0.717) is 5.56 Å². The normalized spacial score (nSPS) is 12.6. The van der Waals surface area contributed by atoms with Crippen molar-refractivity contribution in [3.05, 3.63) is 47.8 Å². The molecule has 1 heterocycles. The monoisotopic (exact) mass is 313 g/mol. The van der Waals surface area contributed by atoms with E-state index in [1.165, 1.54) is 27.4 Å². The maximum Gasteiger partial charge on any atom is 0.338 e. The van der Waals surface area contributed by atoms with Gasteiger partial charge in [-0.25, -0.2) is 4.79 Å². The molecule has 1 atom stereocenters. The van der Waals surface area contributed by atoms with Crippen molar-refractivity contribution in [3.63, 3.8) is 0 Å². The summed E-state index contributed by atoms with van der Waals surface area (Å²) in [7, 11) is 4.04. The van der Waals surface area contributed by atoms with Gasteiger partial charge in [0.05, 0.1) is 33.5 Å². The van der Waals surface area contributed by atoms with Crippen molar-refractivity contribution in [2.24, 2.45) is 0 Å². The first-order chi connectivity index (χ1) is 11.1. The molecule has 0 radical (unpaired) electrons. The molecule has 1 unspecified atom stereocenters. The van der Waals surface area contributed by atoms with E-state index in [1.807, 2.05) is 6.07 Å². The lowest BCUT2D eigenvalue weighted by molar-refractivity contribution is -0.144. The van der Waals surface area contributed by atoms with Gasteiger partial charge in [0, 0.05) is 0 Å². The zero-order valence-electron chi connectivity index (χ0n) is 12.9. The molecule has 2 rings (SSSR count). The molecule has 1 aromatic carbocycles. The van der Waals surface area contributed by atoms with Crippen LogP contribution >= 0.6 is 0 Å². The summed E-state index contributed by atoms with van der Waals surface area (Å²) in [6.07, 6.45) is 0. The minimum atomic E-state index is -1.82. The van der Waals surface area contributed by atoms with Gasteiger partial charge >= 0.3 is 5.97 Å². The lowest BCUT2D eigenvalue weighted by Crippen LogP contribution is -2.38. The van der Waals surface area contributed by atoms with Gasteiger partial charge in [0.1, 0.15) is 0 Å². The summed E-state index contributed by atoms with van der Waals surface area (Å²) in [6.45, 7) is 0. The number of aromatic nitrogens is 2. The molecule has 0 saturated carbocycles. The number of hydrogen-bond donors (Lipinski definition) is 0. The van der Waals surface area contributed by atoms with Gasteiger partial charge in [-0.05, 0) is 5.56 Å². The molecule has 0 saturated heterocycles. The molecule has 0 bridgehead atoms. The SMILES string of the molecule is COC(=O)C(C#N)(c1ccccc1)c1nc(OC)cc(OC)n1. The van der Waals surface area contributed by atoms with Crippen molar-refractivity contribution in [1.82, 2.24) is 9.97 Å². The zero-order chi connectivity index (χ0) is 16.9. The second-order valence-corrected chi connectivity index (χ2v) is 4.50. The van der Waals surface area contributed by atoms with Crippen molar-refractivity contribution < 1.29 is 19.0 Å². The number of carbonyl (C=O) groups is 1. The van der Waals surface area contributed by atoms with Crippen LogP contribution in [0.2, 0.25) is 0 Å². The smallest absolute Gasteiger partial charge is 0.338 e. The fourth-order valence-electron chi connectivity index (χ4n) is 2.12. The van der Waals surface area contributed by atoms with Crippen molar-refractivity contribution >= 4 is 5.97 Å². The third-order valence-electron chi connectivity index (χ3n) is 3.30. The molecule has 0 aliphatic carbocycles. The Bertz CT molecular complexity index is 720. The first kappa shape index (κ1) is 16.2. The first-order valence-electron chi connectivity index (χ1n) is 6.65. The molecule has 23 heavy (non-hydrogen) atoms. The predicted molar refractivity (Wildman–Crippen MR) is 80.0 cm³/mol. The van der Waals surface area contributed by atoms with Gasteiger partial charge < -0.3 is 14.2 Å². The Hall–Kier alpha value is -3.14. The van der Waals surface area contributed by atoms with E-state index >= 15 is 0 Å². The number of ether oxygens (including phenoxy) is 3. The third kappa shape index (κ3) is 2.79. The molecule has 118 valence electrons. The summed E-state index contributed by atoms with van der Waals surface area (Å²) >= 11 is 0. The standard InChI is InChI=1S/C16H15N3O4/c1-21-12-9-13(22-2)19-14(18-12)16(10-17,15(20)23-3)11-7-5-4-6-8-11/h4-9H,1-3H3. The predicted octanol–water partition coefficient (Wildman–Crippen LogP) is 1.48. The van der Waals surface area contributed by atoms with Crippen molar-refractivity contribution in [2.75, 3.05) is 21.3 Å². The number of nitrogens with zero attached hydrogens (tertiary/aromatic N) is 3. The van der Waals surface area contributed by atoms with Crippen LogP contribution in [0.1, 0.15) is 11.4 Å². The van der Waals surface area contributed by atoms with E-state index in [-0.39, 0.29) is 17.6 Å². The number of nitriles is 1. The summed E-state index contributed by atoms with van der Waals surface area (Å²) in [4.78, 5) is 20.8. The zero-order valence-corrected chi connectivity index (χ0v) is 12.9. The first-order valence-corrected chi connectivity index (χ1v) is 6.65. The molecule has 0 spiro atoms. The Labute approximate surface area is 133 Å². The molecular formula is C16H15N3O4. The van der Waals surface area contributed by atoms with E-state index < -0.39 is 11.4 Å². The van der Waals surface area contributed by atoms with Crippen LogP contribution in [-0.4, -0.2) is 37.3 Å². The van der Waals surface area contributed by atoms with Crippen molar-refractivity contribution in [3.8, 4) is 17.8 Å². The molecule has 7 heteroatoms.